The molecule has 0 aliphatic heterocycles. The van der Waals surface area contributed by atoms with Gasteiger partial charge in [-0.15, -0.1) is 0 Å². The molecule has 0 aromatic heterocycles. The van der Waals surface area contributed by atoms with Crippen LogP contribution in [-0.4, -0.2) is 5.91 Å². The zero-order valence-corrected chi connectivity index (χ0v) is 13.9. The first-order valence-electron chi connectivity index (χ1n) is 5.50. The quantitative estimate of drug-likeness (QED) is 0.712. The van der Waals surface area contributed by atoms with Crippen LogP contribution in [-0.2, 0) is 0 Å². The number of anilines is 1. The van der Waals surface area contributed by atoms with Crippen LogP contribution < -0.4 is 5.32 Å². The molecule has 0 bridgehead atoms. The summed E-state index contributed by atoms with van der Waals surface area (Å²) in [5, 5.41) is 3.27. The van der Waals surface area contributed by atoms with Crippen LogP contribution in [0.2, 0.25) is 5.02 Å². The molecule has 1 amide bonds. The Morgan fingerprint density at radius 3 is 2.63 bits per heavy atom. The number of nitrogens with one attached hydrogen (secondary N) is 1. The van der Waals surface area contributed by atoms with Crippen LogP contribution in [0.4, 0.5) is 5.69 Å². The summed E-state index contributed by atoms with van der Waals surface area (Å²) in [7, 11) is 0. The predicted molar refractivity (Wildman–Crippen MR) is 86.0 cm³/mol. The Labute approximate surface area is 133 Å². The molecule has 0 aliphatic carbocycles. The SMILES string of the molecule is Cc1cc(Br)ccc1NC(=O)c1cccc(Br)c1Cl. The zero-order chi connectivity index (χ0) is 14.0. The summed E-state index contributed by atoms with van der Waals surface area (Å²) < 4.78 is 1.68. The lowest BCUT2D eigenvalue weighted by atomic mass is 10.1. The van der Waals surface area contributed by atoms with Crippen LogP contribution >= 0.6 is 43.5 Å². The van der Waals surface area contributed by atoms with Crippen molar-refractivity contribution in [2.45, 2.75) is 6.92 Å². The van der Waals surface area contributed by atoms with Gasteiger partial charge in [-0.05, 0) is 58.7 Å². The van der Waals surface area contributed by atoms with E-state index in [2.05, 4.69) is 37.2 Å². The summed E-state index contributed by atoms with van der Waals surface area (Å²) >= 11 is 12.8. The summed E-state index contributed by atoms with van der Waals surface area (Å²) in [6.07, 6.45) is 0. The molecule has 2 aromatic rings. The average molecular weight is 404 g/mol. The van der Waals surface area contributed by atoms with Gasteiger partial charge in [0.25, 0.3) is 5.91 Å². The summed E-state index contributed by atoms with van der Waals surface area (Å²) in [6, 6.07) is 10.9. The Bertz CT molecular complexity index is 643. The van der Waals surface area contributed by atoms with Crippen molar-refractivity contribution in [2.24, 2.45) is 0 Å². The van der Waals surface area contributed by atoms with Gasteiger partial charge in [0.15, 0.2) is 0 Å². The molecule has 0 spiro atoms. The van der Waals surface area contributed by atoms with E-state index in [1.807, 2.05) is 25.1 Å². The lowest BCUT2D eigenvalue weighted by molar-refractivity contribution is 0.102. The minimum Gasteiger partial charge on any atom is -0.322 e. The zero-order valence-electron chi connectivity index (χ0n) is 10.0. The number of carbonyl (C=O) groups is 1. The number of carbonyl (C=O) groups excluding carboxylic acids is 1. The summed E-state index contributed by atoms with van der Waals surface area (Å²) in [5.74, 6) is -0.225. The van der Waals surface area contributed by atoms with Crippen molar-refractivity contribution in [3.05, 3.63) is 61.5 Å². The van der Waals surface area contributed by atoms with Crippen molar-refractivity contribution in [1.29, 1.82) is 0 Å². The molecule has 1 N–H and O–H groups in total. The fraction of sp³-hybridized carbons (Fsp3) is 0.0714. The number of halogens is 3. The van der Waals surface area contributed by atoms with Crippen LogP contribution in [0.15, 0.2) is 45.3 Å². The third-order valence-corrected chi connectivity index (χ3v) is 4.42. The van der Waals surface area contributed by atoms with Gasteiger partial charge in [-0.2, -0.15) is 0 Å². The molecule has 2 rings (SSSR count). The van der Waals surface area contributed by atoms with E-state index in [-0.39, 0.29) is 5.91 Å². The predicted octanol–water partition coefficient (Wildman–Crippen LogP) is 5.43. The van der Waals surface area contributed by atoms with Crippen LogP contribution in [0.5, 0.6) is 0 Å². The van der Waals surface area contributed by atoms with Crippen molar-refractivity contribution >= 4 is 55.1 Å². The number of aryl methyl sites for hydroxylation is 1. The van der Waals surface area contributed by atoms with E-state index in [0.29, 0.717) is 15.1 Å². The summed E-state index contributed by atoms with van der Waals surface area (Å²) in [4.78, 5) is 12.2. The maximum atomic E-state index is 12.2. The van der Waals surface area contributed by atoms with Gasteiger partial charge in [0.05, 0.1) is 10.6 Å². The Hall–Kier alpha value is -0.840. The number of amides is 1. The van der Waals surface area contributed by atoms with Gasteiger partial charge in [-0.1, -0.05) is 33.6 Å². The van der Waals surface area contributed by atoms with E-state index in [0.717, 1.165) is 15.7 Å². The van der Waals surface area contributed by atoms with Crippen molar-refractivity contribution in [1.82, 2.24) is 0 Å². The van der Waals surface area contributed by atoms with E-state index < -0.39 is 0 Å². The molecule has 0 radical (unpaired) electrons. The fourth-order valence-electron chi connectivity index (χ4n) is 1.64. The first-order chi connectivity index (χ1) is 8.99. The first-order valence-corrected chi connectivity index (χ1v) is 7.47. The molecule has 98 valence electrons. The second kappa shape index (κ2) is 6.07. The summed E-state index contributed by atoms with van der Waals surface area (Å²) in [6.45, 7) is 1.93. The molecule has 2 nitrogen and oxygen atoms in total. The molecule has 0 unspecified atom stereocenters. The van der Waals surface area contributed by atoms with Crippen molar-refractivity contribution in [3.8, 4) is 0 Å². The smallest absolute Gasteiger partial charge is 0.257 e. The van der Waals surface area contributed by atoms with Crippen LogP contribution in [0.1, 0.15) is 15.9 Å². The fourth-order valence-corrected chi connectivity index (χ4v) is 2.69. The van der Waals surface area contributed by atoms with Crippen molar-refractivity contribution in [3.63, 3.8) is 0 Å². The van der Waals surface area contributed by atoms with Gasteiger partial charge in [0, 0.05) is 14.6 Å². The highest BCUT2D eigenvalue weighted by Gasteiger charge is 2.13. The third-order valence-electron chi connectivity index (χ3n) is 2.63. The minimum absolute atomic E-state index is 0.225. The van der Waals surface area contributed by atoms with Gasteiger partial charge < -0.3 is 5.32 Å². The van der Waals surface area contributed by atoms with Gasteiger partial charge >= 0.3 is 0 Å². The van der Waals surface area contributed by atoms with Crippen molar-refractivity contribution in [2.75, 3.05) is 5.32 Å². The molecule has 5 heteroatoms. The second-order valence-corrected chi connectivity index (χ2v) is 6.16. The second-order valence-electron chi connectivity index (χ2n) is 4.01. The molecule has 0 aliphatic rings. The normalized spacial score (nSPS) is 10.3. The minimum atomic E-state index is -0.225. The van der Waals surface area contributed by atoms with E-state index in [1.54, 1.807) is 18.2 Å². The van der Waals surface area contributed by atoms with Gasteiger partial charge in [-0.25, -0.2) is 0 Å². The number of benzene rings is 2. The van der Waals surface area contributed by atoms with E-state index in [1.165, 1.54) is 0 Å². The Morgan fingerprint density at radius 2 is 1.95 bits per heavy atom. The molecule has 2 aromatic carbocycles. The standard InChI is InChI=1S/C14H10Br2ClNO/c1-8-7-9(15)5-6-12(8)18-14(19)10-3-2-4-11(16)13(10)17/h2-7H,1H3,(H,18,19). The number of hydrogen-bond donors (Lipinski definition) is 1. The van der Waals surface area contributed by atoms with Crippen LogP contribution in [0.3, 0.4) is 0 Å². The average Bonchev–Trinajstić information content (AvgIpc) is 2.36. The Balaban J connectivity index is 2.28. The molecular weight excluding hydrogens is 393 g/mol. The number of rotatable bonds is 2. The van der Waals surface area contributed by atoms with E-state index in [9.17, 15) is 4.79 Å². The molecule has 0 atom stereocenters. The molecule has 19 heavy (non-hydrogen) atoms. The van der Waals surface area contributed by atoms with Gasteiger partial charge in [0.1, 0.15) is 0 Å². The van der Waals surface area contributed by atoms with Crippen LogP contribution in [0.25, 0.3) is 0 Å². The lowest BCUT2D eigenvalue weighted by Crippen LogP contribution is -2.13. The van der Waals surface area contributed by atoms with E-state index >= 15 is 0 Å². The molecule has 0 saturated heterocycles. The molecule has 0 heterocycles. The van der Waals surface area contributed by atoms with Crippen LogP contribution in [0, 0.1) is 6.92 Å². The van der Waals surface area contributed by atoms with Gasteiger partial charge in [0.2, 0.25) is 0 Å². The number of hydrogen-bond acceptors (Lipinski definition) is 1. The lowest BCUT2D eigenvalue weighted by Gasteiger charge is -2.10. The largest absolute Gasteiger partial charge is 0.322 e. The maximum Gasteiger partial charge on any atom is 0.257 e. The molecule has 0 saturated carbocycles. The highest BCUT2D eigenvalue weighted by atomic mass is 79.9. The Kier molecular flexibility index (Phi) is 4.66. The Morgan fingerprint density at radius 1 is 1.21 bits per heavy atom. The first kappa shape index (κ1) is 14.6. The monoisotopic (exact) mass is 401 g/mol. The third kappa shape index (κ3) is 3.38. The van der Waals surface area contributed by atoms with Gasteiger partial charge in [-0.3, -0.25) is 4.79 Å². The molecular formula is C14H10Br2ClNO. The molecule has 0 fully saturated rings. The maximum absolute atomic E-state index is 12.2. The van der Waals surface area contributed by atoms with E-state index in [4.69, 9.17) is 11.6 Å². The highest BCUT2D eigenvalue weighted by molar-refractivity contribution is 9.10. The highest BCUT2D eigenvalue weighted by Crippen LogP contribution is 2.27. The van der Waals surface area contributed by atoms with Crippen molar-refractivity contribution < 1.29 is 4.79 Å². The topological polar surface area (TPSA) is 29.1 Å². The summed E-state index contributed by atoms with van der Waals surface area (Å²) in [5.41, 5.74) is 2.19.